The summed E-state index contributed by atoms with van der Waals surface area (Å²) in [6.07, 6.45) is 1.93. The van der Waals surface area contributed by atoms with Gasteiger partial charge in [0, 0.05) is 25.2 Å². The summed E-state index contributed by atoms with van der Waals surface area (Å²) in [5.41, 5.74) is 0.778. The van der Waals surface area contributed by atoms with Crippen LogP contribution in [-0.4, -0.2) is 41.8 Å². The molecule has 5 heteroatoms. The van der Waals surface area contributed by atoms with Crippen LogP contribution in [0.1, 0.15) is 45.1 Å². The van der Waals surface area contributed by atoms with E-state index >= 15 is 0 Å². The number of benzene rings is 1. The lowest BCUT2D eigenvalue weighted by Crippen LogP contribution is -2.63. The van der Waals surface area contributed by atoms with Crippen molar-refractivity contribution in [1.82, 2.24) is 10.2 Å². The van der Waals surface area contributed by atoms with Crippen LogP contribution >= 0.6 is 0 Å². The molecule has 1 aliphatic carbocycles. The Kier molecular flexibility index (Phi) is 4.32. The molecule has 1 heterocycles. The Bertz CT molecular complexity index is 555. The first-order valence-electron chi connectivity index (χ1n) is 8.29. The fraction of sp³-hybridized carbons (Fsp3) is 0.611. The summed E-state index contributed by atoms with van der Waals surface area (Å²) in [5, 5.41) is 3.59. The minimum atomic E-state index is -0.439. The molecule has 4 nitrogen and oxygen atoms in total. The number of carbonyl (C=O) groups is 1. The average Bonchev–Trinajstić information content (AvgIpc) is 2.34. The molecule has 2 fully saturated rings. The molecular weight excluding hydrogens is 295 g/mol. The van der Waals surface area contributed by atoms with Gasteiger partial charge in [-0.25, -0.2) is 9.18 Å². The van der Waals surface area contributed by atoms with Gasteiger partial charge in [0.15, 0.2) is 0 Å². The van der Waals surface area contributed by atoms with E-state index in [1.807, 2.05) is 32.9 Å². The number of nitrogens with zero attached hydrogens (tertiary/aromatic N) is 1. The van der Waals surface area contributed by atoms with Crippen LogP contribution < -0.4 is 5.32 Å². The molecule has 1 amide bonds. The van der Waals surface area contributed by atoms with Crippen LogP contribution in [0.2, 0.25) is 0 Å². The maximum Gasteiger partial charge on any atom is 0.410 e. The second-order valence-electron chi connectivity index (χ2n) is 7.67. The lowest BCUT2D eigenvalue weighted by molar-refractivity contribution is 0.00259. The van der Waals surface area contributed by atoms with E-state index < -0.39 is 5.60 Å². The van der Waals surface area contributed by atoms with Crippen LogP contribution in [0.15, 0.2) is 24.3 Å². The molecule has 1 N–H and O–H groups in total. The molecule has 1 saturated carbocycles. The zero-order valence-corrected chi connectivity index (χ0v) is 14.0. The van der Waals surface area contributed by atoms with E-state index in [4.69, 9.17) is 4.74 Å². The Morgan fingerprint density at radius 3 is 2.35 bits per heavy atom. The Balaban J connectivity index is 1.36. The molecule has 23 heavy (non-hydrogen) atoms. The normalized spacial score (nSPS) is 24.8. The third-order valence-corrected chi connectivity index (χ3v) is 4.48. The largest absolute Gasteiger partial charge is 0.444 e. The molecule has 0 aromatic heterocycles. The van der Waals surface area contributed by atoms with E-state index in [1.54, 1.807) is 4.90 Å². The molecular formula is C18H25FN2O2. The number of amides is 1. The van der Waals surface area contributed by atoms with Crippen molar-refractivity contribution in [3.63, 3.8) is 0 Å². The van der Waals surface area contributed by atoms with E-state index in [0.29, 0.717) is 31.1 Å². The van der Waals surface area contributed by atoms with Gasteiger partial charge in [0.1, 0.15) is 11.4 Å². The number of nitrogens with one attached hydrogen (secondary N) is 1. The average molecular weight is 320 g/mol. The second-order valence-corrected chi connectivity index (χ2v) is 7.67. The molecule has 126 valence electrons. The highest BCUT2D eigenvalue weighted by molar-refractivity contribution is 5.69. The van der Waals surface area contributed by atoms with Gasteiger partial charge in [0.05, 0.1) is 0 Å². The van der Waals surface area contributed by atoms with E-state index in [2.05, 4.69) is 5.32 Å². The summed E-state index contributed by atoms with van der Waals surface area (Å²) >= 11 is 0. The lowest BCUT2D eigenvalue weighted by Gasteiger charge is -2.45. The zero-order chi connectivity index (χ0) is 16.6. The Morgan fingerprint density at radius 2 is 1.78 bits per heavy atom. The fourth-order valence-electron chi connectivity index (χ4n) is 3.15. The van der Waals surface area contributed by atoms with E-state index in [-0.39, 0.29) is 11.9 Å². The van der Waals surface area contributed by atoms with Crippen molar-refractivity contribution in [1.29, 1.82) is 0 Å². The first-order valence-corrected chi connectivity index (χ1v) is 8.29. The van der Waals surface area contributed by atoms with E-state index in [0.717, 1.165) is 12.8 Å². The summed E-state index contributed by atoms with van der Waals surface area (Å²) in [7, 11) is 0. The molecule has 0 radical (unpaired) electrons. The lowest BCUT2D eigenvalue weighted by atomic mass is 9.75. The number of hydrogen-bond acceptors (Lipinski definition) is 3. The molecule has 0 unspecified atom stereocenters. The summed E-state index contributed by atoms with van der Waals surface area (Å²) in [4.78, 5) is 13.6. The molecule has 2 aliphatic rings. The zero-order valence-electron chi connectivity index (χ0n) is 14.0. The molecule has 0 spiro atoms. The molecule has 3 rings (SSSR count). The van der Waals surface area contributed by atoms with E-state index in [1.165, 1.54) is 17.7 Å². The smallest absolute Gasteiger partial charge is 0.410 e. The number of likely N-dealkylation sites (tertiary alicyclic amines) is 1. The van der Waals surface area contributed by atoms with Crippen LogP contribution in [0.3, 0.4) is 0 Å². The minimum absolute atomic E-state index is 0.181. The van der Waals surface area contributed by atoms with Gasteiger partial charge >= 0.3 is 6.09 Å². The first-order chi connectivity index (χ1) is 10.8. The molecule has 1 aromatic rings. The summed E-state index contributed by atoms with van der Waals surface area (Å²) in [5.74, 6) is 0.342. The number of rotatable bonds is 3. The van der Waals surface area contributed by atoms with Gasteiger partial charge in [-0.3, -0.25) is 0 Å². The molecule has 1 aliphatic heterocycles. The molecule has 1 aromatic carbocycles. The van der Waals surface area contributed by atoms with E-state index in [9.17, 15) is 9.18 Å². The SMILES string of the molecule is CC(C)(C)OC(=O)N1CC(NC2CC(c3ccc(F)cc3)C2)C1. The van der Waals surface area contributed by atoms with Crippen LogP contribution in [0.5, 0.6) is 0 Å². The highest BCUT2D eigenvalue weighted by atomic mass is 19.1. The number of hydrogen-bond donors (Lipinski definition) is 1. The maximum absolute atomic E-state index is 12.9. The van der Waals surface area contributed by atoms with Gasteiger partial charge in [-0.2, -0.15) is 0 Å². The monoisotopic (exact) mass is 320 g/mol. The van der Waals surface area contributed by atoms with Gasteiger partial charge in [0.2, 0.25) is 0 Å². The van der Waals surface area contributed by atoms with Crippen LogP contribution in [0.4, 0.5) is 9.18 Å². The summed E-state index contributed by atoms with van der Waals surface area (Å²) < 4.78 is 18.3. The number of halogens is 1. The predicted octanol–water partition coefficient (Wildman–Crippen LogP) is 3.28. The maximum atomic E-state index is 12.9. The Labute approximate surface area is 137 Å². The summed E-state index contributed by atoms with van der Waals surface area (Å²) in [6, 6.07) is 7.67. The van der Waals surface area contributed by atoms with Crippen molar-refractivity contribution in [2.75, 3.05) is 13.1 Å². The molecule has 1 saturated heterocycles. The van der Waals surface area contributed by atoms with Gasteiger partial charge in [0.25, 0.3) is 0 Å². The first kappa shape index (κ1) is 16.2. The standard InChI is InChI=1S/C18H25FN2O2/c1-18(2,3)23-17(22)21-10-16(11-21)20-15-8-13(9-15)12-4-6-14(19)7-5-12/h4-7,13,15-16,20H,8-11H2,1-3H3. The van der Waals surface area contributed by atoms with Crippen molar-refractivity contribution in [2.24, 2.45) is 0 Å². The third-order valence-electron chi connectivity index (χ3n) is 4.48. The van der Waals surface area contributed by atoms with Crippen molar-refractivity contribution in [3.8, 4) is 0 Å². The van der Waals surface area contributed by atoms with Crippen molar-refractivity contribution < 1.29 is 13.9 Å². The fourth-order valence-corrected chi connectivity index (χ4v) is 3.15. The quantitative estimate of drug-likeness (QED) is 0.929. The topological polar surface area (TPSA) is 41.6 Å². The molecule has 0 atom stereocenters. The second kappa shape index (κ2) is 6.11. The number of carbonyl (C=O) groups excluding carboxylic acids is 1. The van der Waals surface area contributed by atoms with Crippen molar-refractivity contribution in [2.45, 2.75) is 57.2 Å². The Hall–Kier alpha value is -1.62. The van der Waals surface area contributed by atoms with Crippen LogP contribution in [-0.2, 0) is 4.74 Å². The van der Waals surface area contributed by atoms with Gasteiger partial charge in [-0.1, -0.05) is 12.1 Å². The van der Waals surface area contributed by atoms with Crippen molar-refractivity contribution >= 4 is 6.09 Å². The van der Waals surface area contributed by atoms with Gasteiger partial charge in [-0.05, 0) is 57.2 Å². The van der Waals surface area contributed by atoms with Gasteiger partial charge < -0.3 is 15.0 Å². The third kappa shape index (κ3) is 4.02. The van der Waals surface area contributed by atoms with Crippen LogP contribution in [0, 0.1) is 5.82 Å². The Morgan fingerprint density at radius 1 is 1.17 bits per heavy atom. The van der Waals surface area contributed by atoms with Gasteiger partial charge in [-0.15, -0.1) is 0 Å². The van der Waals surface area contributed by atoms with Crippen LogP contribution in [0.25, 0.3) is 0 Å². The minimum Gasteiger partial charge on any atom is -0.444 e. The summed E-state index contributed by atoms with van der Waals surface area (Å²) in [6.45, 7) is 7.07. The highest BCUT2D eigenvalue weighted by Crippen LogP contribution is 2.37. The van der Waals surface area contributed by atoms with Crippen molar-refractivity contribution in [3.05, 3.63) is 35.6 Å². The highest BCUT2D eigenvalue weighted by Gasteiger charge is 2.38. The number of ether oxygens (including phenoxy) is 1. The predicted molar refractivity (Wildman–Crippen MR) is 86.9 cm³/mol. The molecule has 0 bridgehead atoms.